The van der Waals surface area contributed by atoms with Crippen molar-refractivity contribution >= 4 is 15.9 Å². The summed E-state index contributed by atoms with van der Waals surface area (Å²) < 4.78 is 1.12. The van der Waals surface area contributed by atoms with Crippen molar-refractivity contribution in [2.45, 2.75) is 51.9 Å². The van der Waals surface area contributed by atoms with Gasteiger partial charge in [0.25, 0.3) is 0 Å². The molecule has 0 heterocycles. The molecule has 0 spiro atoms. The fourth-order valence-electron chi connectivity index (χ4n) is 2.81. The highest BCUT2D eigenvalue weighted by Crippen LogP contribution is 2.31. The number of halogens is 1. The molecule has 0 aromatic heterocycles. The van der Waals surface area contributed by atoms with Crippen molar-refractivity contribution in [3.05, 3.63) is 34.3 Å². The van der Waals surface area contributed by atoms with Crippen molar-refractivity contribution in [3.63, 3.8) is 0 Å². The normalized spacial score (nSPS) is 22.6. The molecule has 0 atom stereocenters. The van der Waals surface area contributed by atoms with Crippen LogP contribution in [0.3, 0.4) is 0 Å². The summed E-state index contributed by atoms with van der Waals surface area (Å²) in [5, 5.41) is 0. The van der Waals surface area contributed by atoms with Gasteiger partial charge in [0.1, 0.15) is 0 Å². The van der Waals surface area contributed by atoms with Crippen molar-refractivity contribution in [1.82, 2.24) is 0 Å². The van der Waals surface area contributed by atoms with Crippen molar-refractivity contribution in [1.29, 1.82) is 0 Å². The highest BCUT2D eigenvalue weighted by molar-refractivity contribution is 9.10. The molecule has 0 nitrogen and oxygen atoms in total. The second kappa shape index (κ2) is 7.75. The average molecular weight is 319 g/mol. The molecule has 2 rings (SSSR count). The first-order valence-electron chi connectivity index (χ1n) is 7.55. The molecule has 0 amide bonds. The third-order valence-electron chi connectivity index (χ3n) is 4.08. The molecular formula is C18H23Br. The lowest BCUT2D eigenvalue weighted by atomic mass is 9.80. The van der Waals surface area contributed by atoms with Crippen LogP contribution in [-0.4, -0.2) is 0 Å². The van der Waals surface area contributed by atoms with Gasteiger partial charge in [-0.3, -0.25) is 0 Å². The lowest BCUT2D eigenvalue weighted by Crippen LogP contribution is -2.13. The van der Waals surface area contributed by atoms with Crippen LogP contribution >= 0.6 is 15.9 Å². The summed E-state index contributed by atoms with van der Waals surface area (Å²) in [4.78, 5) is 0. The molecule has 19 heavy (non-hydrogen) atoms. The molecule has 1 aliphatic carbocycles. The first-order valence-corrected chi connectivity index (χ1v) is 8.34. The molecule has 0 radical (unpaired) electrons. The molecule has 1 saturated carbocycles. The van der Waals surface area contributed by atoms with Gasteiger partial charge in [-0.2, -0.15) is 0 Å². The molecule has 0 N–H and O–H groups in total. The molecule has 102 valence electrons. The van der Waals surface area contributed by atoms with Crippen LogP contribution in [0, 0.1) is 23.7 Å². The van der Waals surface area contributed by atoms with Crippen molar-refractivity contribution in [3.8, 4) is 11.8 Å². The topological polar surface area (TPSA) is 0 Å². The Hall–Kier alpha value is -0.740. The van der Waals surface area contributed by atoms with Gasteiger partial charge in [-0.1, -0.05) is 54.0 Å². The zero-order valence-electron chi connectivity index (χ0n) is 11.8. The first-order chi connectivity index (χ1) is 9.28. The Kier molecular flexibility index (Phi) is 5.98. The molecule has 1 aromatic rings. The highest BCUT2D eigenvalue weighted by Gasteiger charge is 2.19. The SMILES string of the molecule is CCCCC1CCC(C#Cc2ccc(Br)cc2)CC1. The van der Waals surface area contributed by atoms with E-state index in [0.717, 1.165) is 16.0 Å². The number of benzene rings is 1. The van der Waals surface area contributed by atoms with Crippen molar-refractivity contribution in [2.75, 3.05) is 0 Å². The van der Waals surface area contributed by atoms with Gasteiger partial charge in [0, 0.05) is 16.0 Å². The summed E-state index contributed by atoms with van der Waals surface area (Å²) in [6.45, 7) is 2.29. The Morgan fingerprint density at radius 1 is 1.11 bits per heavy atom. The van der Waals surface area contributed by atoms with Gasteiger partial charge in [-0.25, -0.2) is 0 Å². The Balaban J connectivity index is 1.81. The number of hydrogen-bond donors (Lipinski definition) is 0. The quantitative estimate of drug-likeness (QED) is 0.618. The van der Waals surface area contributed by atoms with Crippen LogP contribution in [0.2, 0.25) is 0 Å². The van der Waals surface area contributed by atoms with Crippen LogP contribution < -0.4 is 0 Å². The monoisotopic (exact) mass is 318 g/mol. The fourth-order valence-corrected chi connectivity index (χ4v) is 3.07. The summed E-state index contributed by atoms with van der Waals surface area (Å²) in [6.07, 6.45) is 9.56. The van der Waals surface area contributed by atoms with Crippen molar-refractivity contribution in [2.24, 2.45) is 11.8 Å². The maximum atomic E-state index is 3.47. The van der Waals surface area contributed by atoms with Gasteiger partial charge in [0.15, 0.2) is 0 Å². The summed E-state index contributed by atoms with van der Waals surface area (Å²) >= 11 is 3.45. The first kappa shape index (κ1) is 14.7. The number of rotatable bonds is 3. The fraction of sp³-hybridized carbons (Fsp3) is 0.556. The molecule has 0 bridgehead atoms. The highest BCUT2D eigenvalue weighted by atomic mass is 79.9. The second-order valence-corrected chi connectivity index (χ2v) is 6.55. The van der Waals surface area contributed by atoms with Gasteiger partial charge < -0.3 is 0 Å². The molecule has 1 heteroatoms. The Labute approximate surface area is 126 Å². The van der Waals surface area contributed by atoms with E-state index in [9.17, 15) is 0 Å². The number of unbranched alkanes of at least 4 members (excludes halogenated alkanes) is 1. The second-order valence-electron chi connectivity index (χ2n) is 5.64. The Morgan fingerprint density at radius 2 is 1.79 bits per heavy atom. The van der Waals surface area contributed by atoms with Crippen LogP contribution in [0.1, 0.15) is 57.4 Å². The molecule has 1 fully saturated rings. The smallest absolute Gasteiger partial charge is 0.0246 e. The van der Waals surface area contributed by atoms with E-state index in [0.29, 0.717) is 5.92 Å². The summed E-state index contributed by atoms with van der Waals surface area (Å²) in [6, 6.07) is 8.30. The van der Waals surface area contributed by atoms with Gasteiger partial charge in [-0.05, 0) is 55.9 Å². The van der Waals surface area contributed by atoms with E-state index in [-0.39, 0.29) is 0 Å². The summed E-state index contributed by atoms with van der Waals surface area (Å²) in [5.74, 6) is 8.40. The third-order valence-corrected chi connectivity index (χ3v) is 4.61. The van der Waals surface area contributed by atoms with E-state index >= 15 is 0 Å². The molecular weight excluding hydrogens is 296 g/mol. The van der Waals surface area contributed by atoms with E-state index in [1.54, 1.807) is 0 Å². The molecule has 0 unspecified atom stereocenters. The lowest BCUT2D eigenvalue weighted by molar-refractivity contribution is 0.296. The Bertz CT molecular complexity index is 427. The maximum Gasteiger partial charge on any atom is 0.0246 e. The van der Waals surface area contributed by atoms with Gasteiger partial charge in [-0.15, -0.1) is 0 Å². The van der Waals surface area contributed by atoms with E-state index in [4.69, 9.17) is 0 Å². The standard InChI is InChI=1S/C18H23Br/c1-2-3-4-15-5-7-16(8-6-15)9-10-17-11-13-18(19)14-12-17/h11-16H,2-8H2,1H3. The minimum atomic E-state index is 0.626. The predicted octanol–water partition coefficient (Wildman–Crippen LogP) is 5.80. The zero-order valence-corrected chi connectivity index (χ0v) is 13.4. The van der Waals surface area contributed by atoms with Crippen molar-refractivity contribution < 1.29 is 0 Å². The third kappa shape index (κ3) is 5.03. The van der Waals surface area contributed by atoms with Crippen LogP contribution in [-0.2, 0) is 0 Å². The van der Waals surface area contributed by atoms with Crippen LogP contribution in [0.4, 0.5) is 0 Å². The Morgan fingerprint density at radius 3 is 2.42 bits per heavy atom. The molecule has 1 aliphatic rings. The minimum absolute atomic E-state index is 0.626. The van der Waals surface area contributed by atoms with Crippen LogP contribution in [0.5, 0.6) is 0 Å². The molecule has 1 aromatic carbocycles. The molecule has 0 saturated heterocycles. The zero-order chi connectivity index (χ0) is 13.5. The van der Waals surface area contributed by atoms with E-state index < -0.39 is 0 Å². The van der Waals surface area contributed by atoms with Gasteiger partial charge >= 0.3 is 0 Å². The van der Waals surface area contributed by atoms with Crippen LogP contribution in [0.25, 0.3) is 0 Å². The summed E-state index contributed by atoms with van der Waals surface area (Å²) in [7, 11) is 0. The number of hydrogen-bond acceptors (Lipinski definition) is 0. The van der Waals surface area contributed by atoms with E-state index in [2.05, 4.69) is 59.0 Å². The predicted molar refractivity (Wildman–Crippen MR) is 86.0 cm³/mol. The van der Waals surface area contributed by atoms with E-state index in [1.165, 1.54) is 44.9 Å². The average Bonchev–Trinajstić information content (AvgIpc) is 2.46. The van der Waals surface area contributed by atoms with E-state index in [1.807, 2.05) is 0 Å². The minimum Gasteiger partial charge on any atom is -0.0945 e. The maximum absolute atomic E-state index is 3.47. The van der Waals surface area contributed by atoms with Gasteiger partial charge in [0.05, 0.1) is 0 Å². The largest absolute Gasteiger partial charge is 0.0945 e. The summed E-state index contributed by atoms with van der Waals surface area (Å²) in [5.41, 5.74) is 1.14. The van der Waals surface area contributed by atoms with Crippen LogP contribution in [0.15, 0.2) is 28.7 Å². The lowest BCUT2D eigenvalue weighted by Gasteiger charge is -2.25. The van der Waals surface area contributed by atoms with Gasteiger partial charge in [0.2, 0.25) is 0 Å². The molecule has 0 aliphatic heterocycles.